The molecule has 152 valence electrons. The van der Waals surface area contributed by atoms with Crippen molar-refractivity contribution >= 4 is 11.8 Å². The van der Waals surface area contributed by atoms with Crippen molar-refractivity contribution in [2.45, 2.75) is 26.1 Å². The van der Waals surface area contributed by atoms with Gasteiger partial charge < -0.3 is 29.8 Å². The maximum absolute atomic E-state index is 11.2. The number of aromatic nitrogens is 1. The average molecular weight is 399 g/mol. The van der Waals surface area contributed by atoms with Crippen molar-refractivity contribution in [1.82, 2.24) is 4.98 Å². The molecule has 1 aromatic carbocycles. The van der Waals surface area contributed by atoms with Crippen LogP contribution in [0.4, 0.5) is 5.82 Å². The first-order valence-electron chi connectivity index (χ1n) is 8.86. The summed E-state index contributed by atoms with van der Waals surface area (Å²) >= 11 is 0. The van der Waals surface area contributed by atoms with E-state index in [0.29, 0.717) is 30.8 Å². The number of carboxylic acids is 1. The fourth-order valence-electron chi connectivity index (χ4n) is 3.20. The summed E-state index contributed by atoms with van der Waals surface area (Å²) in [5, 5.41) is 18.8. The van der Waals surface area contributed by atoms with Gasteiger partial charge in [-0.05, 0) is 24.6 Å². The summed E-state index contributed by atoms with van der Waals surface area (Å²) in [7, 11) is 2.86. The molecule has 3 rings (SSSR count). The zero-order valence-electron chi connectivity index (χ0n) is 16.3. The van der Waals surface area contributed by atoms with E-state index in [1.165, 1.54) is 21.1 Å². The lowest BCUT2D eigenvalue weighted by Gasteiger charge is -2.23. The Labute approximate surface area is 167 Å². The third-order valence-corrected chi connectivity index (χ3v) is 4.64. The van der Waals surface area contributed by atoms with Gasteiger partial charge in [-0.1, -0.05) is 0 Å². The van der Waals surface area contributed by atoms with Crippen molar-refractivity contribution in [3.63, 3.8) is 0 Å². The molecule has 0 fully saturated rings. The van der Waals surface area contributed by atoms with Gasteiger partial charge in [0.15, 0.2) is 17.6 Å². The Balaban J connectivity index is 2.24. The highest BCUT2D eigenvalue weighted by Crippen LogP contribution is 2.44. The number of methoxy groups -OCH3 is 2. The average Bonchev–Trinajstić information content (AvgIpc) is 2.72. The Bertz CT molecular complexity index is 974. The standard InChI is InChI=1S/C20H21N3O6/c1-10(20(24)25)29-18-15(26-2)6-11(7-16(18)27-3)17-12(8-21)19(22)23-14-4-5-28-9-13(14)17/h6-7,10H,4-5,9H2,1-3H3,(H2,22,23)(H,24,25). The van der Waals surface area contributed by atoms with E-state index < -0.39 is 12.1 Å². The van der Waals surface area contributed by atoms with Gasteiger partial charge in [0.25, 0.3) is 0 Å². The lowest BCUT2D eigenvalue weighted by atomic mass is 9.92. The first kappa shape index (κ1) is 20.2. The van der Waals surface area contributed by atoms with Crippen LogP contribution in [0.25, 0.3) is 11.1 Å². The van der Waals surface area contributed by atoms with Crippen LogP contribution in [-0.2, 0) is 22.6 Å². The van der Waals surface area contributed by atoms with Crippen LogP contribution in [0.3, 0.4) is 0 Å². The molecule has 0 aliphatic carbocycles. The van der Waals surface area contributed by atoms with Crippen LogP contribution in [0.5, 0.6) is 17.2 Å². The molecule has 3 N–H and O–H groups in total. The Morgan fingerprint density at radius 2 is 2.00 bits per heavy atom. The topological polar surface area (TPSA) is 137 Å². The van der Waals surface area contributed by atoms with Gasteiger partial charge in [0, 0.05) is 17.5 Å². The molecule has 1 unspecified atom stereocenters. The SMILES string of the molecule is COc1cc(-c2c(C#N)c(N)nc3c2COCC3)cc(OC)c1OC(C)C(=O)O. The summed E-state index contributed by atoms with van der Waals surface area (Å²) in [6.07, 6.45) is -0.528. The second-order valence-corrected chi connectivity index (χ2v) is 6.39. The molecule has 1 aliphatic rings. The van der Waals surface area contributed by atoms with Crippen LogP contribution in [0.1, 0.15) is 23.7 Å². The van der Waals surface area contributed by atoms with Crippen LogP contribution in [0.2, 0.25) is 0 Å². The summed E-state index contributed by atoms with van der Waals surface area (Å²) < 4.78 is 21.9. The minimum Gasteiger partial charge on any atom is -0.493 e. The van der Waals surface area contributed by atoms with E-state index in [0.717, 1.165) is 11.3 Å². The predicted molar refractivity (Wildman–Crippen MR) is 103 cm³/mol. The molecule has 0 bridgehead atoms. The number of pyridine rings is 1. The Hall–Kier alpha value is -3.51. The van der Waals surface area contributed by atoms with Gasteiger partial charge in [0.05, 0.1) is 33.1 Å². The van der Waals surface area contributed by atoms with Crippen molar-refractivity contribution in [1.29, 1.82) is 5.26 Å². The van der Waals surface area contributed by atoms with Gasteiger partial charge in [-0.25, -0.2) is 9.78 Å². The van der Waals surface area contributed by atoms with Crippen LogP contribution in [-0.4, -0.2) is 43.0 Å². The van der Waals surface area contributed by atoms with Gasteiger partial charge >= 0.3 is 5.97 Å². The molecule has 2 aromatic rings. The van der Waals surface area contributed by atoms with E-state index in [1.807, 2.05) is 0 Å². The zero-order chi connectivity index (χ0) is 21.1. The summed E-state index contributed by atoms with van der Waals surface area (Å²) in [6.45, 7) is 2.23. The molecular weight excluding hydrogens is 378 g/mol. The number of rotatable bonds is 6. The molecule has 29 heavy (non-hydrogen) atoms. The third kappa shape index (κ3) is 3.75. The largest absolute Gasteiger partial charge is 0.493 e. The third-order valence-electron chi connectivity index (χ3n) is 4.64. The fourth-order valence-corrected chi connectivity index (χ4v) is 3.20. The predicted octanol–water partition coefficient (Wildman–Crippen LogP) is 2.14. The molecule has 2 heterocycles. The smallest absolute Gasteiger partial charge is 0.344 e. The minimum atomic E-state index is -1.13. The van der Waals surface area contributed by atoms with Crippen LogP contribution >= 0.6 is 0 Å². The van der Waals surface area contributed by atoms with E-state index in [-0.39, 0.29) is 28.6 Å². The molecule has 9 heteroatoms. The number of nitrogen functional groups attached to an aromatic ring is 1. The molecular formula is C20H21N3O6. The summed E-state index contributed by atoms with van der Waals surface area (Å²) in [6, 6.07) is 5.41. The van der Waals surface area contributed by atoms with E-state index >= 15 is 0 Å². The van der Waals surface area contributed by atoms with Crippen LogP contribution in [0, 0.1) is 11.3 Å². The first-order chi connectivity index (χ1) is 13.9. The molecule has 1 atom stereocenters. The normalized spacial score (nSPS) is 13.7. The molecule has 1 aliphatic heterocycles. The monoisotopic (exact) mass is 399 g/mol. The highest BCUT2D eigenvalue weighted by Gasteiger charge is 2.26. The lowest BCUT2D eigenvalue weighted by molar-refractivity contribution is -0.144. The van der Waals surface area contributed by atoms with Gasteiger partial charge in [-0.2, -0.15) is 5.26 Å². The lowest BCUT2D eigenvalue weighted by Crippen LogP contribution is -2.23. The van der Waals surface area contributed by atoms with Crippen LogP contribution in [0.15, 0.2) is 12.1 Å². The van der Waals surface area contributed by atoms with Crippen molar-refractivity contribution in [2.24, 2.45) is 0 Å². The van der Waals surface area contributed by atoms with Crippen molar-refractivity contribution in [2.75, 3.05) is 26.6 Å². The zero-order valence-corrected chi connectivity index (χ0v) is 16.3. The molecule has 0 saturated carbocycles. The highest BCUT2D eigenvalue weighted by atomic mass is 16.6. The van der Waals surface area contributed by atoms with E-state index in [1.54, 1.807) is 12.1 Å². The maximum atomic E-state index is 11.2. The number of nitrogens with zero attached hydrogens (tertiary/aromatic N) is 2. The van der Waals surface area contributed by atoms with E-state index in [9.17, 15) is 10.1 Å². The quantitative estimate of drug-likeness (QED) is 0.748. The number of hydrogen-bond donors (Lipinski definition) is 2. The minimum absolute atomic E-state index is 0.140. The first-order valence-corrected chi connectivity index (χ1v) is 8.86. The number of carbonyl (C=O) groups is 1. The molecule has 0 amide bonds. The highest BCUT2D eigenvalue weighted by molar-refractivity contribution is 5.82. The van der Waals surface area contributed by atoms with Gasteiger partial charge in [-0.3, -0.25) is 0 Å². The molecule has 0 radical (unpaired) electrons. The molecule has 0 saturated heterocycles. The van der Waals surface area contributed by atoms with Crippen LogP contribution < -0.4 is 19.9 Å². The summed E-state index contributed by atoms with van der Waals surface area (Å²) in [4.78, 5) is 15.6. The van der Waals surface area contributed by atoms with Crippen molar-refractivity contribution < 1.29 is 28.8 Å². The summed E-state index contributed by atoms with van der Waals surface area (Å²) in [5.74, 6) is -0.312. The Kier molecular flexibility index (Phi) is 5.75. The Morgan fingerprint density at radius 3 is 2.55 bits per heavy atom. The van der Waals surface area contributed by atoms with Crippen molar-refractivity contribution in [3.05, 3.63) is 29.0 Å². The number of fused-ring (bicyclic) bond motifs is 1. The molecule has 9 nitrogen and oxygen atoms in total. The molecule has 1 aromatic heterocycles. The van der Waals surface area contributed by atoms with Crippen molar-refractivity contribution in [3.8, 4) is 34.4 Å². The second-order valence-electron chi connectivity index (χ2n) is 6.39. The number of aliphatic carboxylic acids is 1. The van der Waals surface area contributed by atoms with Gasteiger partial charge in [0.1, 0.15) is 17.5 Å². The van der Waals surface area contributed by atoms with E-state index in [2.05, 4.69) is 11.1 Å². The van der Waals surface area contributed by atoms with Gasteiger partial charge in [-0.15, -0.1) is 0 Å². The number of hydrogen-bond acceptors (Lipinski definition) is 8. The van der Waals surface area contributed by atoms with E-state index in [4.69, 9.17) is 29.8 Å². The maximum Gasteiger partial charge on any atom is 0.344 e. The molecule has 0 spiro atoms. The number of nitriles is 1. The number of benzene rings is 1. The van der Waals surface area contributed by atoms with Gasteiger partial charge in [0.2, 0.25) is 5.75 Å². The second kappa shape index (κ2) is 8.24. The number of carboxylic acid groups (broad SMARTS) is 1. The summed E-state index contributed by atoms with van der Waals surface area (Å²) in [5.41, 5.74) is 9.00. The number of ether oxygens (including phenoxy) is 4. The number of nitrogens with two attached hydrogens (primary N) is 1. The fraction of sp³-hybridized carbons (Fsp3) is 0.350. The Morgan fingerprint density at radius 1 is 1.34 bits per heavy atom. The number of anilines is 1.